The van der Waals surface area contributed by atoms with E-state index in [2.05, 4.69) is 26.3 Å². The minimum Gasteiger partial charge on any atom is -0.0988 e. The average Bonchev–Trinajstić information content (AvgIpc) is 2.22. The minimum absolute atomic E-state index is 1.09. The molecule has 0 rings (SSSR count). The Morgan fingerprint density at radius 2 is 1.07 bits per heavy atom. The van der Waals surface area contributed by atoms with Crippen LogP contribution in [0.2, 0.25) is 0 Å². The van der Waals surface area contributed by atoms with E-state index in [0.717, 1.165) is 24.0 Å². The van der Waals surface area contributed by atoms with Crippen LogP contribution >= 0.6 is 0 Å². The fourth-order valence-electron chi connectivity index (χ4n) is 1.26. The molecule has 0 saturated heterocycles. The molecular weight excluding hydrogens is 168 g/mol. The summed E-state index contributed by atoms with van der Waals surface area (Å²) in [6.45, 7) is 15.1. The first kappa shape index (κ1) is 13.0. The molecule has 0 bridgehead atoms. The van der Waals surface area contributed by atoms with Crippen LogP contribution in [0.4, 0.5) is 0 Å². The Morgan fingerprint density at radius 3 is 1.36 bits per heavy atom. The van der Waals surface area contributed by atoms with Gasteiger partial charge in [0, 0.05) is 0 Å². The van der Waals surface area contributed by atoms with Crippen molar-refractivity contribution in [2.75, 3.05) is 0 Å². The molecule has 0 radical (unpaired) electrons. The molecule has 0 aromatic carbocycles. The van der Waals surface area contributed by atoms with Crippen molar-refractivity contribution < 1.29 is 0 Å². The lowest BCUT2D eigenvalue weighted by Crippen LogP contribution is -1.82. The Morgan fingerprint density at radius 1 is 0.714 bits per heavy atom. The van der Waals surface area contributed by atoms with Gasteiger partial charge >= 0.3 is 0 Å². The molecule has 14 heavy (non-hydrogen) atoms. The molecule has 0 aliphatic rings. The quantitative estimate of drug-likeness (QED) is 0.361. The highest BCUT2D eigenvalue weighted by Gasteiger charge is 1.92. The summed E-state index contributed by atoms with van der Waals surface area (Å²) in [6, 6.07) is 0. The third-order valence-electron chi connectivity index (χ3n) is 2.32. The van der Waals surface area contributed by atoms with E-state index in [1.807, 2.05) is 12.2 Å². The summed E-state index contributed by atoms with van der Waals surface area (Å²) in [5.74, 6) is 0. The van der Waals surface area contributed by atoms with Crippen molar-refractivity contribution in [3.8, 4) is 0 Å². The zero-order valence-electron chi connectivity index (χ0n) is 9.23. The smallest absolute Gasteiger partial charge is 0.0285 e. The molecular formula is C14H22. The second kappa shape index (κ2) is 8.55. The maximum atomic E-state index is 3.89. The van der Waals surface area contributed by atoms with Gasteiger partial charge in [-0.3, -0.25) is 0 Å². The van der Waals surface area contributed by atoms with Gasteiger partial charge < -0.3 is 0 Å². The summed E-state index contributed by atoms with van der Waals surface area (Å²) in [5, 5.41) is 0. The van der Waals surface area contributed by atoms with Crippen LogP contribution in [0.25, 0.3) is 0 Å². The molecule has 0 saturated carbocycles. The minimum atomic E-state index is 1.09. The first-order valence-electron chi connectivity index (χ1n) is 5.31. The lowest BCUT2D eigenvalue weighted by molar-refractivity contribution is 0.643. The standard InChI is InChI=1S/C14H22/c1-5-13(3)11-9-7-8-10-12-14(4)6-2/h5-6H,1-4,7-12H2. The van der Waals surface area contributed by atoms with E-state index >= 15 is 0 Å². The molecule has 0 atom stereocenters. The van der Waals surface area contributed by atoms with E-state index in [0.29, 0.717) is 0 Å². The molecule has 0 heterocycles. The number of allylic oxidation sites excluding steroid dienone is 4. The Bertz CT molecular complexity index is 184. The topological polar surface area (TPSA) is 0 Å². The summed E-state index contributed by atoms with van der Waals surface area (Å²) < 4.78 is 0. The summed E-state index contributed by atoms with van der Waals surface area (Å²) in [7, 11) is 0. The molecule has 0 aliphatic heterocycles. The highest BCUT2D eigenvalue weighted by molar-refractivity contribution is 5.10. The van der Waals surface area contributed by atoms with Gasteiger partial charge in [-0.05, 0) is 25.7 Å². The fourth-order valence-corrected chi connectivity index (χ4v) is 1.26. The Hall–Kier alpha value is -1.04. The second-order valence-corrected chi connectivity index (χ2v) is 3.64. The monoisotopic (exact) mass is 190 g/mol. The van der Waals surface area contributed by atoms with Crippen molar-refractivity contribution in [2.45, 2.75) is 38.5 Å². The van der Waals surface area contributed by atoms with Crippen LogP contribution < -0.4 is 0 Å². The van der Waals surface area contributed by atoms with Crippen molar-refractivity contribution in [1.29, 1.82) is 0 Å². The van der Waals surface area contributed by atoms with Gasteiger partial charge in [0.2, 0.25) is 0 Å². The van der Waals surface area contributed by atoms with E-state index in [4.69, 9.17) is 0 Å². The molecule has 0 aromatic heterocycles. The average molecular weight is 190 g/mol. The van der Waals surface area contributed by atoms with Crippen molar-refractivity contribution in [3.05, 3.63) is 49.6 Å². The van der Waals surface area contributed by atoms with Gasteiger partial charge in [0.15, 0.2) is 0 Å². The molecule has 0 spiro atoms. The maximum absolute atomic E-state index is 3.89. The maximum Gasteiger partial charge on any atom is -0.0285 e. The molecule has 0 N–H and O–H groups in total. The van der Waals surface area contributed by atoms with Crippen LogP contribution in [0.15, 0.2) is 49.6 Å². The number of hydrogen-bond acceptors (Lipinski definition) is 0. The molecule has 0 aliphatic carbocycles. The van der Waals surface area contributed by atoms with E-state index in [9.17, 15) is 0 Å². The third kappa shape index (κ3) is 7.60. The van der Waals surface area contributed by atoms with Gasteiger partial charge in [-0.15, -0.1) is 0 Å². The molecule has 0 amide bonds. The molecule has 78 valence electrons. The molecule has 0 fully saturated rings. The lowest BCUT2D eigenvalue weighted by Gasteiger charge is -2.01. The van der Waals surface area contributed by atoms with E-state index in [1.165, 1.54) is 25.7 Å². The van der Waals surface area contributed by atoms with Gasteiger partial charge in [0.05, 0.1) is 0 Å². The number of unbranched alkanes of at least 4 members (excludes halogenated alkanes) is 3. The Kier molecular flexibility index (Phi) is 7.92. The SMILES string of the molecule is C=CC(=C)CCCCCCC(=C)C=C. The van der Waals surface area contributed by atoms with Crippen molar-refractivity contribution >= 4 is 0 Å². The molecule has 0 nitrogen and oxygen atoms in total. The lowest BCUT2D eigenvalue weighted by atomic mass is 10.0. The van der Waals surface area contributed by atoms with Crippen LogP contribution in [0.3, 0.4) is 0 Å². The van der Waals surface area contributed by atoms with Crippen molar-refractivity contribution in [1.82, 2.24) is 0 Å². The van der Waals surface area contributed by atoms with Gasteiger partial charge in [-0.25, -0.2) is 0 Å². The summed E-state index contributed by atoms with van der Waals surface area (Å²) >= 11 is 0. The normalized spacial score (nSPS) is 9.43. The van der Waals surface area contributed by atoms with Crippen molar-refractivity contribution in [3.63, 3.8) is 0 Å². The molecule has 0 heteroatoms. The van der Waals surface area contributed by atoms with Crippen LogP contribution in [0.5, 0.6) is 0 Å². The number of hydrogen-bond donors (Lipinski definition) is 0. The van der Waals surface area contributed by atoms with Crippen LogP contribution in [-0.4, -0.2) is 0 Å². The third-order valence-corrected chi connectivity index (χ3v) is 2.32. The summed E-state index contributed by atoms with van der Waals surface area (Å²) in [4.78, 5) is 0. The predicted octanol–water partition coefficient (Wildman–Crippen LogP) is 4.81. The predicted molar refractivity (Wildman–Crippen MR) is 66.4 cm³/mol. The van der Waals surface area contributed by atoms with Crippen LogP contribution in [0.1, 0.15) is 38.5 Å². The van der Waals surface area contributed by atoms with Gasteiger partial charge in [-0.1, -0.05) is 62.5 Å². The first-order valence-corrected chi connectivity index (χ1v) is 5.31. The van der Waals surface area contributed by atoms with Gasteiger partial charge in [0.1, 0.15) is 0 Å². The van der Waals surface area contributed by atoms with E-state index in [1.54, 1.807) is 0 Å². The van der Waals surface area contributed by atoms with Gasteiger partial charge in [-0.2, -0.15) is 0 Å². The first-order chi connectivity index (χ1) is 6.70. The zero-order chi connectivity index (χ0) is 10.8. The second-order valence-electron chi connectivity index (χ2n) is 3.64. The van der Waals surface area contributed by atoms with E-state index in [-0.39, 0.29) is 0 Å². The fraction of sp³-hybridized carbons (Fsp3) is 0.429. The largest absolute Gasteiger partial charge is 0.0988 e. The summed E-state index contributed by atoms with van der Waals surface area (Å²) in [5.41, 5.74) is 2.31. The molecule has 0 unspecified atom stereocenters. The Labute approximate surface area is 88.7 Å². The zero-order valence-corrected chi connectivity index (χ0v) is 9.23. The summed E-state index contributed by atoms with van der Waals surface area (Å²) in [6.07, 6.45) is 10.9. The Balaban J connectivity index is 3.21. The number of rotatable bonds is 9. The molecule has 0 aromatic rings. The van der Waals surface area contributed by atoms with Gasteiger partial charge in [0.25, 0.3) is 0 Å². The van der Waals surface area contributed by atoms with E-state index < -0.39 is 0 Å². The van der Waals surface area contributed by atoms with Crippen molar-refractivity contribution in [2.24, 2.45) is 0 Å². The highest BCUT2D eigenvalue weighted by Crippen LogP contribution is 2.12. The van der Waals surface area contributed by atoms with Crippen LogP contribution in [-0.2, 0) is 0 Å². The highest BCUT2D eigenvalue weighted by atomic mass is 14.0. The van der Waals surface area contributed by atoms with Crippen LogP contribution in [0, 0.1) is 0 Å².